The van der Waals surface area contributed by atoms with Crippen molar-refractivity contribution in [3.63, 3.8) is 0 Å². The molecule has 28 heavy (non-hydrogen) atoms. The molecule has 0 atom stereocenters. The zero-order valence-corrected chi connectivity index (χ0v) is 15.8. The topological polar surface area (TPSA) is 77.0 Å². The molecule has 0 bridgehead atoms. The largest absolute Gasteiger partial charge is 0.375 e. The Balaban J connectivity index is 1.58. The zero-order valence-electron chi connectivity index (χ0n) is 15.0. The van der Waals surface area contributed by atoms with Gasteiger partial charge >= 0.3 is 6.55 Å². The molecule has 1 fully saturated rings. The summed E-state index contributed by atoms with van der Waals surface area (Å²) in [5.41, 5.74) is 7.63. The predicted molar refractivity (Wildman–Crippen MR) is 102 cm³/mol. The highest BCUT2D eigenvalue weighted by Crippen LogP contribution is 2.42. The van der Waals surface area contributed by atoms with Crippen molar-refractivity contribution in [2.75, 3.05) is 18.8 Å². The van der Waals surface area contributed by atoms with Crippen molar-refractivity contribution in [2.24, 2.45) is 0 Å². The molecule has 0 radical (unpaired) electrons. The molecule has 0 saturated carbocycles. The maximum absolute atomic E-state index is 12.7. The van der Waals surface area contributed by atoms with Crippen LogP contribution in [0.3, 0.4) is 0 Å². The van der Waals surface area contributed by atoms with Crippen molar-refractivity contribution in [3.05, 3.63) is 64.9 Å². The van der Waals surface area contributed by atoms with Gasteiger partial charge in [-0.15, -0.1) is 11.3 Å². The maximum Gasteiger partial charge on any atom is 0.333 e. The number of benzene rings is 1. The molecule has 0 spiro atoms. The molecule has 3 aromatic rings. The normalized spacial score (nSPS) is 16.5. The Bertz CT molecular complexity index is 964. The number of nitrogen functional groups attached to an aromatic ring is 1. The van der Waals surface area contributed by atoms with Crippen LogP contribution in [-0.2, 0) is 5.41 Å². The Labute approximate surface area is 164 Å². The molecule has 9 heteroatoms. The lowest BCUT2D eigenvalue weighted by Gasteiger charge is -2.41. The summed E-state index contributed by atoms with van der Waals surface area (Å²) in [6.45, 7) is -1.80. The summed E-state index contributed by atoms with van der Waals surface area (Å²) in [5, 5.41) is 6.18. The number of carbonyl (C=O) groups is 1. The van der Waals surface area contributed by atoms with E-state index in [-0.39, 0.29) is 17.0 Å². The maximum atomic E-state index is 12.7. The highest BCUT2D eigenvalue weighted by Gasteiger charge is 2.41. The number of aromatic nitrogens is 3. The molecule has 1 aliphatic rings. The lowest BCUT2D eigenvalue weighted by molar-refractivity contribution is 0.0544. The third-order valence-electron chi connectivity index (χ3n) is 5.27. The second-order valence-electron chi connectivity index (χ2n) is 6.77. The Morgan fingerprint density at radius 3 is 2.46 bits per heavy atom. The highest BCUT2D eigenvalue weighted by atomic mass is 32.1. The lowest BCUT2D eigenvalue weighted by atomic mass is 9.70. The van der Waals surface area contributed by atoms with E-state index in [0.717, 1.165) is 17.5 Å². The number of nitrogens with two attached hydrogens (primary N) is 1. The Kier molecular flexibility index (Phi) is 4.84. The van der Waals surface area contributed by atoms with Crippen molar-refractivity contribution in [1.29, 1.82) is 0 Å². The quantitative estimate of drug-likeness (QED) is 0.723. The van der Waals surface area contributed by atoms with Gasteiger partial charge in [-0.2, -0.15) is 13.9 Å². The number of thiazole rings is 1. The summed E-state index contributed by atoms with van der Waals surface area (Å²) < 4.78 is 25.9. The Morgan fingerprint density at radius 1 is 1.18 bits per heavy atom. The first kappa shape index (κ1) is 18.5. The molecule has 6 nitrogen and oxygen atoms in total. The van der Waals surface area contributed by atoms with Crippen LogP contribution in [0.4, 0.5) is 13.9 Å². The second-order valence-corrected chi connectivity index (χ2v) is 7.66. The van der Waals surface area contributed by atoms with Gasteiger partial charge in [-0.3, -0.25) is 4.79 Å². The lowest BCUT2D eigenvalue weighted by Crippen LogP contribution is -2.46. The van der Waals surface area contributed by atoms with Crippen LogP contribution < -0.4 is 5.73 Å². The minimum absolute atomic E-state index is 0.0328. The summed E-state index contributed by atoms with van der Waals surface area (Å²) in [7, 11) is 0. The van der Waals surface area contributed by atoms with Gasteiger partial charge in [0.05, 0.1) is 5.69 Å². The van der Waals surface area contributed by atoms with Gasteiger partial charge in [-0.05, 0) is 24.5 Å². The third kappa shape index (κ3) is 3.26. The number of rotatable bonds is 4. The molecule has 2 N–H and O–H groups in total. The first-order valence-electron chi connectivity index (χ1n) is 8.89. The van der Waals surface area contributed by atoms with Gasteiger partial charge in [-0.1, -0.05) is 30.3 Å². The van der Waals surface area contributed by atoms with Gasteiger partial charge in [0.1, 0.15) is 0 Å². The van der Waals surface area contributed by atoms with E-state index in [9.17, 15) is 13.6 Å². The number of piperidine rings is 1. The van der Waals surface area contributed by atoms with E-state index in [2.05, 4.69) is 22.2 Å². The number of anilines is 1. The van der Waals surface area contributed by atoms with E-state index in [4.69, 9.17) is 5.73 Å². The molecular formula is C19H19F2N5OS. The van der Waals surface area contributed by atoms with Gasteiger partial charge in [0.15, 0.2) is 10.8 Å². The van der Waals surface area contributed by atoms with Crippen molar-refractivity contribution >= 4 is 22.4 Å². The van der Waals surface area contributed by atoms with Crippen molar-refractivity contribution in [3.8, 4) is 0 Å². The SMILES string of the molecule is Nc1nc(C2(c3ccccc3)CCN(C(=O)c3ccn(C(F)F)n3)CC2)cs1. The van der Waals surface area contributed by atoms with Gasteiger partial charge in [0, 0.05) is 30.1 Å². The Hall–Kier alpha value is -2.81. The van der Waals surface area contributed by atoms with E-state index < -0.39 is 6.55 Å². The fourth-order valence-electron chi connectivity index (χ4n) is 3.77. The van der Waals surface area contributed by atoms with Crippen molar-refractivity contribution in [1.82, 2.24) is 19.7 Å². The first-order chi connectivity index (χ1) is 13.5. The molecule has 1 aromatic carbocycles. The van der Waals surface area contributed by atoms with Gasteiger partial charge in [0.2, 0.25) is 0 Å². The number of nitrogens with zero attached hydrogens (tertiary/aromatic N) is 4. The fourth-order valence-corrected chi connectivity index (χ4v) is 4.43. The average Bonchev–Trinajstić information content (AvgIpc) is 3.38. The summed E-state index contributed by atoms with van der Waals surface area (Å²) in [6.07, 6.45) is 2.46. The smallest absolute Gasteiger partial charge is 0.333 e. The minimum atomic E-state index is -2.76. The van der Waals surface area contributed by atoms with Crippen LogP contribution in [0.1, 0.15) is 41.1 Å². The summed E-state index contributed by atoms with van der Waals surface area (Å²) in [4.78, 5) is 18.9. The van der Waals surface area contributed by atoms with Crippen LogP contribution in [0, 0.1) is 0 Å². The van der Waals surface area contributed by atoms with Crippen LogP contribution in [0.5, 0.6) is 0 Å². The number of hydrogen-bond acceptors (Lipinski definition) is 5. The van der Waals surface area contributed by atoms with E-state index in [1.165, 1.54) is 17.4 Å². The predicted octanol–water partition coefficient (Wildman–Crippen LogP) is 3.54. The van der Waals surface area contributed by atoms with Crippen LogP contribution in [0.2, 0.25) is 0 Å². The molecule has 1 aliphatic heterocycles. The standard InChI is InChI=1S/C19H19F2N5OS/c20-17(21)26-9-6-14(24-26)16(27)25-10-7-19(8-11-25,13-4-2-1-3-5-13)15-12-28-18(22)23-15/h1-6,9,12,17H,7-8,10-11H2,(H2,22,23). The van der Waals surface area contributed by atoms with Crippen LogP contribution in [0.15, 0.2) is 48.0 Å². The third-order valence-corrected chi connectivity index (χ3v) is 5.94. The second kappa shape index (κ2) is 7.31. The molecule has 4 rings (SSSR count). The summed E-state index contributed by atoms with van der Waals surface area (Å²) in [5.74, 6) is -0.334. The first-order valence-corrected chi connectivity index (χ1v) is 9.77. The molecule has 0 aliphatic carbocycles. The molecule has 1 amide bonds. The monoisotopic (exact) mass is 403 g/mol. The van der Waals surface area contributed by atoms with Crippen LogP contribution in [-0.4, -0.2) is 38.7 Å². The Morgan fingerprint density at radius 2 is 1.89 bits per heavy atom. The van der Waals surface area contributed by atoms with Gasteiger partial charge in [-0.25, -0.2) is 9.67 Å². The molecule has 1 saturated heterocycles. The van der Waals surface area contributed by atoms with E-state index >= 15 is 0 Å². The zero-order chi connectivity index (χ0) is 19.7. The number of hydrogen-bond donors (Lipinski definition) is 1. The van der Waals surface area contributed by atoms with E-state index in [1.807, 2.05) is 23.6 Å². The van der Waals surface area contributed by atoms with Crippen LogP contribution >= 0.6 is 11.3 Å². The fraction of sp³-hybridized carbons (Fsp3) is 0.316. The van der Waals surface area contributed by atoms with Gasteiger partial charge < -0.3 is 10.6 Å². The van der Waals surface area contributed by atoms with E-state index in [0.29, 0.717) is 35.7 Å². The summed E-state index contributed by atoms with van der Waals surface area (Å²) in [6, 6.07) is 11.4. The minimum Gasteiger partial charge on any atom is -0.375 e. The number of carbonyl (C=O) groups excluding carboxylic acids is 1. The number of amides is 1. The number of alkyl halides is 2. The van der Waals surface area contributed by atoms with Gasteiger partial charge in [0.25, 0.3) is 5.91 Å². The number of likely N-dealkylation sites (tertiary alicyclic amines) is 1. The average molecular weight is 403 g/mol. The summed E-state index contributed by atoms with van der Waals surface area (Å²) >= 11 is 1.40. The highest BCUT2D eigenvalue weighted by molar-refractivity contribution is 7.13. The molecule has 2 aromatic heterocycles. The molecular weight excluding hydrogens is 384 g/mol. The molecule has 146 valence electrons. The van der Waals surface area contributed by atoms with Crippen LogP contribution in [0.25, 0.3) is 0 Å². The van der Waals surface area contributed by atoms with E-state index in [1.54, 1.807) is 4.90 Å². The molecule has 0 unspecified atom stereocenters. The van der Waals surface area contributed by atoms with Crippen molar-refractivity contribution in [2.45, 2.75) is 24.8 Å². The van der Waals surface area contributed by atoms with Crippen molar-refractivity contribution < 1.29 is 13.6 Å². The number of halogens is 2. The molecule has 3 heterocycles.